The zero-order valence-corrected chi connectivity index (χ0v) is 16.7. The first-order valence-electron chi connectivity index (χ1n) is 8.71. The second-order valence-corrected chi connectivity index (χ2v) is 7.27. The molecule has 3 rings (SSSR count). The van der Waals surface area contributed by atoms with Crippen molar-refractivity contribution < 1.29 is 4.79 Å². The smallest absolute Gasteiger partial charge is 0.262 e. The average Bonchev–Trinajstić information content (AvgIpc) is 2.61. The number of aromatic amines is 1. The molecule has 1 amide bonds. The van der Waals surface area contributed by atoms with Crippen LogP contribution in [0.25, 0.3) is 10.9 Å². The van der Waals surface area contributed by atoms with Crippen LogP contribution in [0.1, 0.15) is 29.8 Å². The van der Waals surface area contributed by atoms with Crippen LogP contribution >= 0.6 is 23.8 Å². The Hall–Kier alpha value is -2.44. The summed E-state index contributed by atoms with van der Waals surface area (Å²) in [5.74, 6) is -0.203. The van der Waals surface area contributed by atoms with Crippen LogP contribution in [0.3, 0.4) is 0 Å². The van der Waals surface area contributed by atoms with Crippen molar-refractivity contribution in [2.75, 3.05) is 0 Å². The van der Waals surface area contributed by atoms with Crippen LogP contribution in [0.4, 0.5) is 0 Å². The first kappa shape index (κ1) is 19.3. The molecule has 0 radical (unpaired) electrons. The van der Waals surface area contributed by atoms with Gasteiger partial charge in [0.1, 0.15) is 0 Å². The van der Waals surface area contributed by atoms with Crippen molar-refractivity contribution in [2.45, 2.75) is 32.9 Å². The van der Waals surface area contributed by atoms with Crippen molar-refractivity contribution in [3.8, 4) is 0 Å². The van der Waals surface area contributed by atoms with Crippen molar-refractivity contribution in [1.29, 1.82) is 0 Å². The lowest BCUT2D eigenvalue weighted by Crippen LogP contribution is -2.34. The van der Waals surface area contributed by atoms with Crippen LogP contribution < -0.4 is 10.9 Å². The molecule has 0 spiro atoms. The van der Waals surface area contributed by atoms with E-state index in [1.165, 1.54) is 4.57 Å². The van der Waals surface area contributed by atoms with Gasteiger partial charge in [0.15, 0.2) is 4.77 Å². The number of aromatic nitrogens is 2. The van der Waals surface area contributed by atoms with E-state index < -0.39 is 0 Å². The zero-order valence-electron chi connectivity index (χ0n) is 15.1. The van der Waals surface area contributed by atoms with Gasteiger partial charge in [-0.25, -0.2) is 0 Å². The summed E-state index contributed by atoms with van der Waals surface area (Å²) in [6.07, 6.45) is 0.670. The van der Waals surface area contributed by atoms with Crippen molar-refractivity contribution in [1.82, 2.24) is 14.9 Å². The number of hydrogen-bond donors (Lipinski definition) is 2. The van der Waals surface area contributed by atoms with Crippen molar-refractivity contribution in [2.24, 2.45) is 0 Å². The molecule has 0 bridgehead atoms. The second-order valence-electron chi connectivity index (χ2n) is 6.45. The lowest BCUT2D eigenvalue weighted by molar-refractivity contribution is 0.0940. The third-order valence-electron chi connectivity index (χ3n) is 4.37. The minimum atomic E-state index is -0.203. The molecule has 1 atom stereocenters. The quantitative estimate of drug-likeness (QED) is 0.632. The number of nitrogens with one attached hydrogen (secondary N) is 2. The van der Waals surface area contributed by atoms with Gasteiger partial charge in [-0.3, -0.25) is 14.2 Å². The molecule has 0 aliphatic rings. The molecular formula is C20H20ClN3O2S. The Bertz CT molecular complexity index is 1120. The Morgan fingerprint density at radius 2 is 2.07 bits per heavy atom. The summed E-state index contributed by atoms with van der Waals surface area (Å²) in [7, 11) is 0. The van der Waals surface area contributed by atoms with Crippen molar-refractivity contribution in [3.63, 3.8) is 0 Å². The van der Waals surface area contributed by atoms with E-state index in [2.05, 4.69) is 10.3 Å². The highest BCUT2D eigenvalue weighted by molar-refractivity contribution is 7.71. The SMILES string of the molecule is CCn1c(=S)[nH]c2cc(C(=O)N[C@@H](C)Cc3cccc(Cl)c3)ccc2c1=O. The van der Waals surface area contributed by atoms with E-state index in [0.29, 0.717) is 39.2 Å². The first-order valence-corrected chi connectivity index (χ1v) is 9.50. The van der Waals surface area contributed by atoms with Crippen molar-refractivity contribution in [3.05, 3.63) is 73.7 Å². The van der Waals surface area contributed by atoms with E-state index in [-0.39, 0.29) is 17.5 Å². The predicted molar refractivity (Wildman–Crippen MR) is 111 cm³/mol. The fourth-order valence-electron chi connectivity index (χ4n) is 3.06. The summed E-state index contributed by atoms with van der Waals surface area (Å²) in [5.41, 5.74) is 1.93. The van der Waals surface area contributed by atoms with Gasteiger partial charge in [-0.05, 0) is 68.4 Å². The van der Waals surface area contributed by atoms with Crippen LogP contribution in [-0.4, -0.2) is 21.5 Å². The second kappa shape index (κ2) is 8.06. The molecule has 7 heteroatoms. The van der Waals surface area contributed by atoms with Gasteiger partial charge in [0.2, 0.25) is 0 Å². The number of benzene rings is 2. The van der Waals surface area contributed by atoms with E-state index in [4.69, 9.17) is 23.8 Å². The minimum Gasteiger partial charge on any atom is -0.349 e. The number of carbonyl (C=O) groups excluding carboxylic acids is 1. The van der Waals surface area contributed by atoms with E-state index >= 15 is 0 Å². The highest BCUT2D eigenvalue weighted by Crippen LogP contribution is 2.14. The monoisotopic (exact) mass is 401 g/mol. The van der Waals surface area contributed by atoms with Gasteiger partial charge >= 0.3 is 0 Å². The van der Waals surface area contributed by atoms with E-state index in [1.807, 2.05) is 38.1 Å². The normalized spacial score (nSPS) is 12.1. The van der Waals surface area contributed by atoms with Gasteiger partial charge in [0.25, 0.3) is 11.5 Å². The van der Waals surface area contributed by atoms with Gasteiger partial charge in [-0.15, -0.1) is 0 Å². The van der Waals surface area contributed by atoms with Gasteiger partial charge in [0, 0.05) is 23.2 Å². The summed E-state index contributed by atoms with van der Waals surface area (Å²) in [6, 6.07) is 12.5. The summed E-state index contributed by atoms with van der Waals surface area (Å²) >= 11 is 11.2. The molecule has 27 heavy (non-hydrogen) atoms. The van der Waals surface area contributed by atoms with E-state index in [9.17, 15) is 9.59 Å². The third-order valence-corrected chi connectivity index (χ3v) is 4.93. The number of nitrogens with zero attached hydrogens (tertiary/aromatic N) is 1. The average molecular weight is 402 g/mol. The number of H-pyrrole nitrogens is 1. The predicted octanol–water partition coefficient (Wildman–Crippen LogP) is 4.09. The molecule has 1 heterocycles. The molecule has 140 valence electrons. The lowest BCUT2D eigenvalue weighted by Gasteiger charge is -2.14. The van der Waals surface area contributed by atoms with Crippen LogP contribution in [-0.2, 0) is 13.0 Å². The molecule has 2 N–H and O–H groups in total. The van der Waals surface area contributed by atoms with Crippen LogP contribution in [0, 0.1) is 4.77 Å². The molecule has 0 saturated heterocycles. The number of amides is 1. The summed E-state index contributed by atoms with van der Waals surface area (Å²) in [4.78, 5) is 28.1. The summed E-state index contributed by atoms with van der Waals surface area (Å²) in [5, 5.41) is 4.16. The molecule has 0 unspecified atom stereocenters. The number of hydrogen-bond acceptors (Lipinski definition) is 3. The maximum atomic E-state index is 12.6. The Labute approximate surface area is 167 Å². The lowest BCUT2D eigenvalue weighted by atomic mass is 10.1. The number of halogens is 1. The molecule has 5 nitrogen and oxygen atoms in total. The number of fused-ring (bicyclic) bond motifs is 1. The minimum absolute atomic E-state index is 0.0711. The fourth-order valence-corrected chi connectivity index (χ4v) is 3.59. The molecular weight excluding hydrogens is 382 g/mol. The Morgan fingerprint density at radius 1 is 1.30 bits per heavy atom. The molecule has 2 aromatic carbocycles. The highest BCUT2D eigenvalue weighted by Gasteiger charge is 2.13. The molecule has 0 aliphatic carbocycles. The summed E-state index contributed by atoms with van der Waals surface area (Å²) in [6.45, 7) is 4.29. The fraction of sp³-hybridized carbons (Fsp3) is 0.250. The van der Waals surface area contributed by atoms with Gasteiger partial charge in [-0.1, -0.05) is 23.7 Å². The molecule has 0 aliphatic heterocycles. The van der Waals surface area contributed by atoms with Gasteiger partial charge in [-0.2, -0.15) is 0 Å². The standard InChI is InChI=1S/C20H20ClN3O2S/c1-3-24-19(26)16-8-7-14(11-17(16)23-20(24)27)18(25)22-12(2)9-13-5-4-6-15(21)10-13/h4-8,10-12H,3,9H2,1-2H3,(H,22,25)(H,23,27)/t12-/m0/s1. The third kappa shape index (κ3) is 4.28. The Balaban J connectivity index is 1.81. The van der Waals surface area contributed by atoms with Crippen molar-refractivity contribution >= 4 is 40.6 Å². The first-order chi connectivity index (χ1) is 12.9. The maximum Gasteiger partial charge on any atom is 0.262 e. The molecule has 3 aromatic rings. The number of rotatable bonds is 5. The number of carbonyl (C=O) groups is 1. The molecule has 1 aromatic heterocycles. The molecule has 0 saturated carbocycles. The van der Waals surface area contributed by atoms with Gasteiger partial charge < -0.3 is 10.3 Å². The summed E-state index contributed by atoms with van der Waals surface area (Å²) < 4.78 is 1.84. The topological polar surface area (TPSA) is 66.9 Å². The Kier molecular flexibility index (Phi) is 5.77. The van der Waals surface area contributed by atoms with Crippen LogP contribution in [0.2, 0.25) is 5.02 Å². The zero-order chi connectivity index (χ0) is 19.6. The van der Waals surface area contributed by atoms with E-state index in [1.54, 1.807) is 18.2 Å². The largest absolute Gasteiger partial charge is 0.349 e. The van der Waals surface area contributed by atoms with Crippen LogP contribution in [0.5, 0.6) is 0 Å². The molecule has 0 fully saturated rings. The van der Waals surface area contributed by atoms with E-state index in [0.717, 1.165) is 5.56 Å². The maximum absolute atomic E-state index is 12.6. The van der Waals surface area contributed by atoms with Gasteiger partial charge in [0.05, 0.1) is 10.9 Å². The highest BCUT2D eigenvalue weighted by atomic mass is 35.5. The van der Waals surface area contributed by atoms with Crippen LogP contribution in [0.15, 0.2) is 47.3 Å². The Morgan fingerprint density at radius 3 is 2.78 bits per heavy atom.